The number of hydrogen-bond acceptors (Lipinski definition) is 5. The number of H-pyrrole nitrogens is 1. The summed E-state index contributed by atoms with van der Waals surface area (Å²) in [7, 11) is 1.59. The number of fused-ring (bicyclic) bond motifs is 2. The van der Waals surface area contributed by atoms with Crippen LogP contribution in [0.25, 0.3) is 21.1 Å². The standard InChI is InChI=1S/C20H18N4O3S/c1-27-13-7-6-12-10-16(22-15(12)11-13)19(26)21-9-8-18(25)24-20-23-14-4-2-3-5-17(14)28-20/h2-7,10-11,22H,8-9H2,1H3,(H,21,26)(H,23,24,25). The number of methoxy groups -OCH3 is 1. The molecule has 4 rings (SSSR count). The van der Waals surface area contributed by atoms with Crippen LogP contribution in [0.1, 0.15) is 16.9 Å². The van der Waals surface area contributed by atoms with E-state index in [1.165, 1.54) is 11.3 Å². The van der Waals surface area contributed by atoms with Crippen LogP contribution in [0.15, 0.2) is 48.5 Å². The molecule has 0 bridgehead atoms. The van der Waals surface area contributed by atoms with E-state index in [9.17, 15) is 9.59 Å². The molecule has 0 aliphatic heterocycles. The summed E-state index contributed by atoms with van der Waals surface area (Å²) in [4.78, 5) is 31.8. The van der Waals surface area contributed by atoms with Crippen molar-refractivity contribution in [3.8, 4) is 5.75 Å². The molecule has 0 atom stereocenters. The Balaban J connectivity index is 1.31. The molecule has 0 fully saturated rings. The molecule has 0 aliphatic carbocycles. The number of ether oxygens (including phenoxy) is 1. The van der Waals surface area contributed by atoms with Gasteiger partial charge < -0.3 is 20.4 Å². The number of amides is 2. The van der Waals surface area contributed by atoms with Crippen molar-refractivity contribution in [3.63, 3.8) is 0 Å². The van der Waals surface area contributed by atoms with E-state index in [1.807, 2.05) is 42.5 Å². The summed E-state index contributed by atoms with van der Waals surface area (Å²) >= 11 is 1.42. The highest BCUT2D eigenvalue weighted by atomic mass is 32.1. The Kier molecular flexibility index (Phi) is 4.94. The van der Waals surface area contributed by atoms with Gasteiger partial charge in [-0.25, -0.2) is 4.98 Å². The minimum atomic E-state index is -0.261. The van der Waals surface area contributed by atoms with Gasteiger partial charge in [-0.2, -0.15) is 0 Å². The van der Waals surface area contributed by atoms with Gasteiger partial charge in [-0.3, -0.25) is 9.59 Å². The predicted molar refractivity (Wildman–Crippen MR) is 110 cm³/mol. The molecule has 142 valence electrons. The maximum atomic E-state index is 12.3. The fraction of sp³-hybridized carbons (Fsp3) is 0.150. The number of hydrogen-bond donors (Lipinski definition) is 3. The van der Waals surface area contributed by atoms with Crippen molar-refractivity contribution < 1.29 is 14.3 Å². The molecule has 2 aromatic carbocycles. The molecule has 0 unspecified atom stereocenters. The van der Waals surface area contributed by atoms with Gasteiger partial charge in [0.1, 0.15) is 11.4 Å². The number of para-hydroxylation sites is 1. The molecular formula is C20H18N4O3S. The number of aromatic nitrogens is 2. The second-order valence-electron chi connectivity index (χ2n) is 6.18. The van der Waals surface area contributed by atoms with Gasteiger partial charge in [0.15, 0.2) is 5.13 Å². The smallest absolute Gasteiger partial charge is 0.267 e. The highest BCUT2D eigenvalue weighted by molar-refractivity contribution is 7.22. The van der Waals surface area contributed by atoms with Crippen molar-refractivity contribution in [1.29, 1.82) is 0 Å². The fourth-order valence-electron chi connectivity index (χ4n) is 2.85. The molecular weight excluding hydrogens is 376 g/mol. The highest BCUT2D eigenvalue weighted by Crippen LogP contribution is 2.25. The first-order valence-electron chi connectivity index (χ1n) is 8.73. The van der Waals surface area contributed by atoms with Gasteiger partial charge in [0.05, 0.1) is 17.3 Å². The van der Waals surface area contributed by atoms with Crippen LogP contribution in [-0.2, 0) is 4.79 Å². The predicted octanol–water partition coefficient (Wildman–Crippen LogP) is 3.54. The average molecular weight is 394 g/mol. The van der Waals surface area contributed by atoms with Crippen LogP contribution < -0.4 is 15.4 Å². The molecule has 2 heterocycles. The zero-order valence-corrected chi connectivity index (χ0v) is 15.9. The molecule has 8 heteroatoms. The summed E-state index contributed by atoms with van der Waals surface area (Å²) < 4.78 is 6.20. The Morgan fingerprint density at radius 2 is 2.04 bits per heavy atom. The van der Waals surface area contributed by atoms with Gasteiger partial charge in [0.25, 0.3) is 5.91 Å². The summed E-state index contributed by atoms with van der Waals surface area (Å²) in [5.41, 5.74) is 2.11. The third-order valence-corrected chi connectivity index (χ3v) is 5.20. The maximum Gasteiger partial charge on any atom is 0.267 e. The first kappa shape index (κ1) is 18.0. The van der Waals surface area contributed by atoms with Crippen LogP contribution in [0, 0.1) is 0 Å². The van der Waals surface area contributed by atoms with Gasteiger partial charge in [-0.1, -0.05) is 23.5 Å². The average Bonchev–Trinajstić information content (AvgIpc) is 3.30. The lowest BCUT2D eigenvalue weighted by Crippen LogP contribution is -2.27. The van der Waals surface area contributed by atoms with E-state index < -0.39 is 0 Å². The first-order valence-corrected chi connectivity index (χ1v) is 9.54. The lowest BCUT2D eigenvalue weighted by atomic mass is 10.2. The maximum absolute atomic E-state index is 12.3. The van der Waals surface area contributed by atoms with E-state index in [0.717, 1.165) is 21.1 Å². The number of thiazole rings is 1. The number of nitrogens with zero attached hydrogens (tertiary/aromatic N) is 1. The Hall–Kier alpha value is -3.39. The summed E-state index contributed by atoms with van der Waals surface area (Å²) in [5.74, 6) is 0.261. The van der Waals surface area contributed by atoms with Crippen LogP contribution >= 0.6 is 11.3 Å². The van der Waals surface area contributed by atoms with Crippen LogP contribution in [0.2, 0.25) is 0 Å². The number of carbonyl (C=O) groups excluding carboxylic acids is 2. The van der Waals surface area contributed by atoms with E-state index >= 15 is 0 Å². The van der Waals surface area contributed by atoms with Crippen molar-refractivity contribution in [3.05, 3.63) is 54.2 Å². The Bertz CT molecular complexity index is 1130. The number of benzene rings is 2. The summed E-state index contributed by atoms with van der Waals surface area (Å²) in [6.45, 7) is 0.230. The number of aromatic amines is 1. The summed E-state index contributed by atoms with van der Waals surface area (Å²) in [6, 6.07) is 15.0. The number of nitrogens with one attached hydrogen (secondary N) is 3. The fourth-order valence-corrected chi connectivity index (χ4v) is 3.73. The molecule has 28 heavy (non-hydrogen) atoms. The van der Waals surface area contributed by atoms with E-state index in [2.05, 4.69) is 20.6 Å². The third kappa shape index (κ3) is 3.81. The summed E-state index contributed by atoms with van der Waals surface area (Å²) in [5, 5.41) is 7.00. The van der Waals surface area contributed by atoms with Crippen molar-refractivity contribution >= 4 is 49.4 Å². The van der Waals surface area contributed by atoms with Crippen molar-refractivity contribution in [2.75, 3.05) is 19.0 Å². The Morgan fingerprint density at radius 3 is 2.86 bits per heavy atom. The molecule has 2 amide bonds. The van der Waals surface area contributed by atoms with E-state index in [0.29, 0.717) is 16.6 Å². The van der Waals surface area contributed by atoms with Crippen LogP contribution in [-0.4, -0.2) is 35.4 Å². The molecule has 0 saturated heterocycles. The van der Waals surface area contributed by atoms with Crippen molar-refractivity contribution in [2.24, 2.45) is 0 Å². The van der Waals surface area contributed by atoms with Gasteiger partial charge in [-0.15, -0.1) is 0 Å². The minimum absolute atomic E-state index is 0.162. The van der Waals surface area contributed by atoms with Gasteiger partial charge >= 0.3 is 0 Å². The van der Waals surface area contributed by atoms with E-state index in [-0.39, 0.29) is 24.8 Å². The summed E-state index contributed by atoms with van der Waals surface area (Å²) in [6.07, 6.45) is 0.162. The quantitative estimate of drug-likeness (QED) is 0.466. The van der Waals surface area contributed by atoms with Crippen LogP contribution in [0.4, 0.5) is 5.13 Å². The molecule has 0 saturated carbocycles. The van der Waals surface area contributed by atoms with Gasteiger partial charge in [0, 0.05) is 29.9 Å². The molecule has 2 aromatic heterocycles. The minimum Gasteiger partial charge on any atom is -0.497 e. The molecule has 0 aliphatic rings. The van der Waals surface area contributed by atoms with Crippen LogP contribution in [0.5, 0.6) is 5.75 Å². The molecule has 4 aromatic rings. The lowest BCUT2D eigenvalue weighted by Gasteiger charge is -2.04. The molecule has 0 spiro atoms. The van der Waals surface area contributed by atoms with Gasteiger partial charge in [-0.05, 0) is 30.3 Å². The highest BCUT2D eigenvalue weighted by Gasteiger charge is 2.12. The Morgan fingerprint density at radius 1 is 1.18 bits per heavy atom. The Labute approximate surface area is 164 Å². The second-order valence-corrected chi connectivity index (χ2v) is 7.21. The second kappa shape index (κ2) is 7.69. The van der Waals surface area contributed by atoms with Crippen molar-refractivity contribution in [2.45, 2.75) is 6.42 Å². The normalized spacial score (nSPS) is 10.9. The first-order chi connectivity index (χ1) is 13.6. The monoisotopic (exact) mass is 394 g/mol. The SMILES string of the molecule is COc1ccc2cc(C(=O)NCCC(=O)Nc3nc4ccccc4s3)[nH]c2c1. The number of rotatable bonds is 6. The lowest BCUT2D eigenvalue weighted by molar-refractivity contribution is -0.116. The molecule has 3 N–H and O–H groups in total. The number of carbonyl (C=O) groups is 2. The third-order valence-electron chi connectivity index (χ3n) is 4.25. The topological polar surface area (TPSA) is 96.1 Å². The zero-order valence-electron chi connectivity index (χ0n) is 15.1. The van der Waals surface area contributed by atoms with Crippen LogP contribution in [0.3, 0.4) is 0 Å². The number of anilines is 1. The van der Waals surface area contributed by atoms with Crippen molar-refractivity contribution in [1.82, 2.24) is 15.3 Å². The van der Waals surface area contributed by atoms with E-state index in [1.54, 1.807) is 13.2 Å². The largest absolute Gasteiger partial charge is 0.497 e. The molecule has 0 radical (unpaired) electrons. The van der Waals surface area contributed by atoms with Gasteiger partial charge in [0.2, 0.25) is 5.91 Å². The van der Waals surface area contributed by atoms with E-state index in [4.69, 9.17) is 4.74 Å². The zero-order chi connectivity index (χ0) is 19.5. The molecule has 7 nitrogen and oxygen atoms in total.